The largest absolute Gasteiger partial charge is 0.372 e. The summed E-state index contributed by atoms with van der Waals surface area (Å²) in [5.74, 6) is 1.76. The molecule has 0 saturated carbocycles. The number of piperidine rings is 1. The van der Waals surface area contributed by atoms with Crippen LogP contribution in [0.4, 0.5) is 0 Å². The molecule has 2 heteroatoms. The molecule has 2 nitrogen and oxygen atoms in total. The number of ether oxygens (including phenoxy) is 1. The molecule has 12 heavy (non-hydrogen) atoms. The smallest absolute Gasteiger partial charge is 0.0936 e. The van der Waals surface area contributed by atoms with Gasteiger partial charge in [-0.2, -0.15) is 0 Å². The maximum atomic E-state index is 5.24. The second-order valence-electron chi connectivity index (χ2n) is 4.62. The standard InChI is InChI=1S/C10H19NO/c1-8-3-9(2)5-11(4-8)6-10-7-12-10/h8-10H,3-7H2,1-2H3/t8?,9?,10-/m1/s1. The topological polar surface area (TPSA) is 15.8 Å². The van der Waals surface area contributed by atoms with Crippen molar-refractivity contribution in [3.63, 3.8) is 0 Å². The van der Waals surface area contributed by atoms with E-state index in [1.54, 1.807) is 0 Å². The van der Waals surface area contributed by atoms with Gasteiger partial charge < -0.3 is 9.64 Å². The van der Waals surface area contributed by atoms with Crippen molar-refractivity contribution in [2.24, 2.45) is 11.8 Å². The molecular formula is C10H19NO. The van der Waals surface area contributed by atoms with Crippen LogP contribution >= 0.6 is 0 Å². The molecule has 2 unspecified atom stereocenters. The Kier molecular flexibility index (Phi) is 2.37. The van der Waals surface area contributed by atoms with Crippen LogP contribution in [0.3, 0.4) is 0 Å². The zero-order valence-electron chi connectivity index (χ0n) is 8.12. The zero-order chi connectivity index (χ0) is 8.55. The maximum Gasteiger partial charge on any atom is 0.0936 e. The average molecular weight is 169 g/mol. The predicted octanol–water partition coefficient (Wildman–Crippen LogP) is 1.36. The van der Waals surface area contributed by atoms with Crippen LogP contribution in [0.1, 0.15) is 20.3 Å². The van der Waals surface area contributed by atoms with Gasteiger partial charge in [-0.3, -0.25) is 0 Å². The Labute approximate surface area is 74.9 Å². The lowest BCUT2D eigenvalue weighted by Crippen LogP contribution is -2.40. The Morgan fingerprint density at radius 3 is 2.33 bits per heavy atom. The maximum absolute atomic E-state index is 5.24. The first kappa shape index (κ1) is 8.52. The summed E-state index contributed by atoms with van der Waals surface area (Å²) in [6, 6.07) is 0. The molecule has 2 saturated heterocycles. The molecule has 0 aromatic heterocycles. The molecule has 2 fully saturated rings. The van der Waals surface area contributed by atoms with Crippen LogP contribution in [0.5, 0.6) is 0 Å². The Morgan fingerprint density at radius 2 is 1.83 bits per heavy atom. The van der Waals surface area contributed by atoms with Gasteiger partial charge in [0.2, 0.25) is 0 Å². The van der Waals surface area contributed by atoms with Crippen molar-refractivity contribution in [1.82, 2.24) is 4.90 Å². The lowest BCUT2D eigenvalue weighted by molar-refractivity contribution is 0.131. The van der Waals surface area contributed by atoms with Gasteiger partial charge in [-0.05, 0) is 18.3 Å². The molecule has 0 bridgehead atoms. The minimum atomic E-state index is 0.572. The van der Waals surface area contributed by atoms with Gasteiger partial charge in [-0.15, -0.1) is 0 Å². The first-order chi connectivity index (χ1) is 5.74. The van der Waals surface area contributed by atoms with Crippen LogP contribution < -0.4 is 0 Å². The van der Waals surface area contributed by atoms with Gasteiger partial charge in [0.25, 0.3) is 0 Å². The SMILES string of the molecule is CC1CC(C)CN(C[C@@H]2CO2)C1. The molecule has 2 aliphatic heterocycles. The van der Waals surface area contributed by atoms with Gasteiger partial charge in [0.1, 0.15) is 0 Å². The third kappa shape index (κ3) is 2.20. The molecule has 2 heterocycles. The monoisotopic (exact) mass is 169 g/mol. The molecule has 0 amide bonds. The summed E-state index contributed by atoms with van der Waals surface area (Å²) in [6.45, 7) is 9.45. The second-order valence-corrected chi connectivity index (χ2v) is 4.62. The minimum absolute atomic E-state index is 0.572. The van der Waals surface area contributed by atoms with E-state index in [1.165, 1.54) is 26.1 Å². The van der Waals surface area contributed by atoms with E-state index in [0.29, 0.717) is 6.10 Å². The van der Waals surface area contributed by atoms with Crippen molar-refractivity contribution in [3.8, 4) is 0 Å². The predicted molar refractivity (Wildman–Crippen MR) is 49.1 cm³/mol. The highest BCUT2D eigenvalue weighted by atomic mass is 16.6. The van der Waals surface area contributed by atoms with Gasteiger partial charge in [0.15, 0.2) is 0 Å². The Bertz CT molecular complexity index is 143. The van der Waals surface area contributed by atoms with Crippen LogP contribution in [0.2, 0.25) is 0 Å². The van der Waals surface area contributed by atoms with Gasteiger partial charge in [-0.1, -0.05) is 13.8 Å². The molecule has 0 aromatic carbocycles. The second kappa shape index (κ2) is 3.35. The summed E-state index contributed by atoms with van der Waals surface area (Å²) in [4.78, 5) is 2.57. The fraction of sp³-hybridized carbons (Fsp3) is 1.00. The van der Waals surface area contributed by atoms with Gasteiger partial charge in [-0.25, -0.2) is 0 Å². The summed E-state index contributed by atoms with van der Waals surface area (Å²) in [6.07, 6.45) is 1.98. The van der Waals surface area contributed by atoms with E-state index in [-0.39, 0.29) is 0 Å². The van der Waals surface area contributed by atoms with E-state index in [4.69, 9.17) is 4.74 Å². The number of epoxide rings is 1. The van der Waals surface area contributed by atoms with Gasteiger partial charge >= 0.3 is 0 Å². The van der Waals surface area contributed by atoms with Crippen LogP contribution in [-0.4, -0.2) is 37.2 Å². The highest BCUT2D eigenvalue weighted by Gasteiger charge is 2.29. The van der Waals surface area contributed by atoms with E-state index in [0.717, 1.165) is 18.4 Å². The highest BCUT2D eigenvalue weighted by Crippen LogP contribution is 2.22. The number of hydrogen-bond donors (Lipinski definition) is 0. The molecule has 2 rings (SSSR count). The summed E-state index contributed by atoms with van der Waals surface area (Å²) >= 11 is 0. The van der Waals surface area contributed by atoms with Crippen molar-refractivity contribution < 1.29 is 4.74 Å². The first-order valence-electron chi connectivity index (χ1n) is 5.08. The van der Waals surface area contributed by atoms with Crippen LogP contribution in [0.25, 0.3) is 0 Å². The summed E-state index contributed by atoms with van der Waals surface area (Å²) in [5, 5.41) is 0. The van der Waals surface area contributed by atoms with Crippen LogP contribution in [0.15, 0.2) is 0 Å². The van der Waals surface area contributed by atoms with E-state index in [2.05, 4.69) is 18.7 Å². The molecule has 0 aliphatic carbocycles. The fourth-order valence-corrected chi connectivity index (χ4v) is 2.40. The quantitative estimate of drug-likeness (QED) is 0.580. The van der Waals surface area contributed by atoms with Crippen molar-refractivity contribution in [1.29, 1.82) is 0 Å². The Morgan fingerprint density at radius 1 is 1.25 bits per heavy atom. The third-order valence-electron chi connectivity index (χ3n) is 2.81. The molecule has 0 spiro atoms. The normalized spacial score (nSPS) is 43.0. The number of rotatable bonds is 2. The van der Waals surface area contributed by atoms with E-state index in [9.17, 15) is 0 Å². The summed E-state index contributed by atoms with van der Waals surface area (Å²) in [5.41, 5.74) is 0. The molecule has 70 valence electrons. The van der Waals surface area contributed by atoms with Crippen LogP contribution in [0, 0.1) is 11.8 Å². The van der Waals surface area contributed by atoms with Gasteiger partial charge in [0, 0.05) is 19.6 Å². The van der Waals surface area contributed by atoms with Gasteiger partial charge in [0.05, 0.1) is 12.7 Å². The van der Waals surface area contributed by atoms with E-state index < -0.39 is 0 Å². The third-order valence-corrected chi connectivity index (χ3v) is 2.81. The minimum Gasteiger partial charge on any atom is -0.372 e. The summed E-state index contributed by atoms with van der Waals surface area (Å²) in [7, 11) is 0. The first-order valence-corrected chi connectivity index (χ1v) is 5.08. The molecule has 0 N–H and O–H groups in total. The van der Waals surface area contributed by atoms with Crippen molar-refractivity contribution >= 4 is 0 Å². The van der Waals surface area contributed by atoms with E-state index >= 15 is 0 Å². The van der Waals surface area contributed by atoms with E-state index in [1.807, 2.05) is 0 Å². The Hall–Kier alpha value is -0.0800. The van der Waals surface area contributed by atoms with Crippen LogP contribution in [-0.2, 0) is 4.74 Å². The fourth-order valence-electron chi connectivity index (χ4n) is 2.40. The van der Waals surface area contributed by atoms with Crippen molar-refractivity contribution in [2.75, 3.05) is 26.2 Å². The number of hydrogen-bond acceptors (Lipinski definition) is 2. The molecule has 2 aliphatic rings. The summed E-state index contributed by atoms with van der Waals surface area (Å²) < 4.78 is 5.24. The number of likely N-dealkylation sites (tertiary alicyclic amines) is 1. The van der Waals surface area contributed by atoms with Crippen molar-refractivity contribution in [3.05, 3.63) is 0 Å². The molecule has 0 aromatic rings. The molecule has 3 atom stereocenters. The molecule has 0 radical (unpaired) electrons. The average Bonchev–Trinajstić information content (AvgIpc) is 2.68. The highest BCUT2D eigenvalue weighted by molar-refractivity contribution is 4.80. The number of nitrogens with zero attached hydrogens (tertiary/aromatic N) is 1. The Balaban J connectivity index is 1.79. The molecular weight excluding hydrogens is 150 g/mol. The zero-order valence-corrected chi connectivity index (χ0v) is 8.12. The lowest BCUT2D eigenvalue weighted by atomic mass is 9.92. The lowest BCUT2D eigenvalue weighted by Gasteiger charge is -2.34. The van der Waals surface area contributed by atoms with Crippen molar-refractivity contribution in [2.45, 2.75) is 26.4 Å².